The number of hydrogen-bond donors (Lipinski definition) is 2. The zero-order chi connectivity index (χ0) is 15.2. The summed E-state index contributed by atoms with van der Waals surface area (Å²) >= 11 is 0. The third kappa shape index (κ3) is 4.04. The topological polar surface area (TPSA) is 76.0 Å². The molecule has 0 aliphatic heterocycles. The van der Waals surface area contributed by atoms with Gasteiger partial charge in [0.2, 0.25) is 5.91 Å². The first kappa shape index (κ1) is 14.5. The summed E-state index contributed by atoms with van der Waals surface area (Å²) < 4.78 is 1.61. The van der Waals surface area contributed by atoms with Gasteiger partial charge in [0.05, 0.1) is 0 Å². The molecule has 108 valence electrons. The Morgan fingerprint density at radius 3 is 2.48 bits per heavy atom. The van der Waals surface area contributed by atoms with E-state index >= 15 is 0 Å². The summed E-state index contributed by atoms with van der Waals surface area (Å²) in [6.07, 6.45) is 4.84. The molecule has 2 N–H and O–H groups in total. The highest BCUT2D eigenvalue weighted by molar-refractivity contribution is 6.01. The zero-order valence-corrected chi connectivity index (χ0v) is 11.8. The summed E-state index contributed by atoms with van der Waals surface area (Å²) in [6, 6.07) is 8.67. The number of nitrogens with zero attached hydrogens (tertiary/aromatic N) is 2. The summed E-state index contributed by atoms with van der Waals surface area (Å²) in [5, 5.41) is 9.25. The average molecular weight is 284 g/mol. The van der Waals surface area contributed by atoms with E-state index in [2.05, 4.69) is 15.7 Å². The summed E-state index contributed by atoms with van der Waals surface area (Å²) in [4.78, 5) is 23.1. The number of amides is 2. The second-order valence-corrected chi connectivity index (χ2v) is 4.40. The maximum Gasteiger partial charge on any atom is 0.251 e. The van der Waals surface area contributed by atoms with E-state index in [1.165, 1.54) is 6.08 Å². The van der Waals surface area contributed by atoms with E-state index in [-0.39, 0.29) is 11.8 Å². The van der Waals surface area contributed by atoms with Gasteiger partial charge in [-0.15, -0.1) is 0 Å². The SMILES string of the molecule is CNC(=O)c1ccc(/C=C\C(=O)Nc2ccn(C)n2)cc1. The van der Waals surface area contributed by atoms with Crippen LogP contribution in [0.1, 0.15) is 15.9 Å². The van der Waals surface area contributed by atoms with Crippen LogP contribution >= 0.6 is 0 Å². The van der Waals surface area contributed by atoms with Crippen LogP contribution in [-0.4, -0.2) is 28.6 Å². The van der Waals surface area contributed by atoms with Crippen molar-refractivity contribution in [3.8, 4) is 0 Å². The number of nitrogens with one attached hydrogen (secondary N) is 2. The molecule has 0 fully saturated rings. The molecule has 1 aromatic heterocycles. The van der Waals surface area contributed by atoms with Crippen LogP contribution in [0, 0.1) is 0 Å². The fraction of sp³-hybridized carbons (Fsp3) is 0.133. The second kappa shape index (κ2) is 6.51. The molecule has 6 nitrogen and oxygen atoms in total. The molecule has 2 aromatic rings. The van der Waals surface area contributed by atoms with Crippen LogP contribution in [0.5, 0.6) is 0 Å². The predicted octanol–water partition coefficient (Wildman–Crippen LogP) is 1.43. The Kier molecular flexibility index (Phi) is 4.50. The largest absolute Gasteiger partial charge is 0.355 e. The molecular formula is C15H16N4O2. The third-order valence-corrected chi connectivity index (χ3v) is 2.79. The molecule has 0 spiro atoms. The van der Waals surface area contributed by atoms with Crippen molar-refractivity contribution in [1.29, 1.82) is 0 Å². The highest BCUT2D eigenvalue weighted by atomic mass is 16.2. The lowest BCUT2D eigenvalue weighted by atomic mass is 10.1. The molecule has 0 bridgehead atoms. The fourth-order valence-electron chi connectivity index (χ4n) is 1.71. The molecule has 6 heteroatoms. The van der Waals surface area contributed by atoms with E-state index in [0.717, 1.165) is 5.56 Å². The molecule has 0 aliphatic carbocycles. The Balaban J connectivity index is 1.97. The van der Waals surface area contributed by atoms with E-state index in [9.17, 15) is 9.59 Å². The highest BCUT2D eigenvalue weighted by Gasteiger charge is 2.02. The van der Waals surface area contributed by atoms with Gasteiger partial charge < -0.3 is 10.6 Å². The summed E-state index contributed by atoms with van der Waals surface area (Å²) in [7, 11) is 3.36. The second-order valence-electron chi connectivity index (χ2n) is 4.40. The molecule has 0 atom stereocenters. The Morgan fingerprint density at radius 2 is 1.90 bits per heavy atom. The van der Waals surface area contributed by atoms with Crippen molar-refractivity contribution in [3.63, 3.8) is 0 Å². The first-order valence-electron chi connectivity index (χ1n) is 6.39. The Labute approximate surface area is 122 Å². The smallest absolute Gasteiger partial charge is 0.251 e. The van der Waals surface area contributed by atoms with Crippen molar-refractivity contribution in [2.45, 2.75) is 0 Å². The molecule has 0 radical (unpaired) electrons. The van der Waals surface area contributed by atoms with Crippen LogP contribution in [-0.2, 0) is 11.8 Å². The molecular weight excluding hydrogens is 268 g/mol. The molecule has 0 aliphatic rings. The summed E-state index contributed by atoms with van der Waals surface area (Å²) in [5.74, 6) is 0.101. The van der Waals surface area contributed by atoms with Crippen LogP contribution in [0.2, 0.25) is 0 Å². The monoisotopic (exact) mass is 284 g/mol. The Hall–Kier alpha value is -2.89. The number of benzene rings is 1. The number of aromatic nitrogens is 2. The van der Waals surface area contributed by atoms with Crippen molar-refractivity contribution in [2.24, 2.45) is 7.05 Å². The first-order valence-corrected chi connectivity index (χ1v) is 6.39. The minimum atomic E-state index is -0.260. The minimum absolute atomic E-state index is 0.140. The lowest BCUT2D eigenvalue weighted by Crippen LogP contribution is -2.17. The van der Waals surface area contributed by atoms with Crippen molar-refractivity contribution in [3.05, 3.63) is 53.7 Å². The van der Waals surface area contributed by atoms with Crippen LogP contribution in [0.25, 0.3) is 6.08 Å². The van der Waals surface area contributed by atoms with Gasteiger partial charge in [-0.1, -0.05) is 12.1 Å². The van der Waals surface area contributed by atoms with E-state index in [4.69, 9.17) is 0 Å². The fourth-order valence-corrected chi connectivity index (χ4v) is 1.71. The third-order valence-electron chi connectivity index (χ3n) is 2.79. The zero-order valence-electron chi connectivity index (χ0n) is 11.8. The number of carbonyl (C=O) groups is 2. The van der Waals surface area contributed by atoms with Crippen LogP contribution < -0.4 is 10.6 Å². The Bertz CT molecular complexity index is 671. The maximum atomic E-state index is 11.7. The molecule has 0 unspecified atom stereocenters. The molecule has 0 saturated heterocycles. The Morgan fingerprint density at radius 1 is 1.19 bits per heavy atom. The number of rotatable bonds is 4. The normalized spacial score (nSPS) is 10.6. The van der Waals surface area contributed by atoms with Gasteiger partial charge in [-0.05, 0) is 23.8 Å². The maximum absolute atomic E-state index is 11.7. The number of aryl methyl sites for hydroxylation is 1. The van der Waals surface area contributed by atoms with E-state index < -0.39 is 0 Å². The standard InChI is InChI=1S/C15H16N4O2/c1-16-15(21)12-6-3-11(4-7-12)5-8-14(20)17-13-9-10-19(2)18-13/h3-10H,1-2H3,(H,16,21)(H,17,18,20)/b8-5-. The lowest BCUT2D eigenvalue weighted by Gasteiger charge is -2.00. The van der Waals surface area contributed by atoms with Gasteiger partial charge in [-0.3, -0.25) is 14.3 Å². The van der Waals surface area contributed by atoms with Gasteiger partial charge >= 0.3 is 0 Å². The average Bonchev–Trinajstić information content (AvgIpc) is 2.90. The van der Waals surface area contributed by atoms with E-state index in [0.29, 0.717) is 11.4 Å². The molecule has 1 aromatic carbocycles. The lowest BCUT2D eigenvalue weighted by molar-refractivity contribution is -0.111. The van der Waals surface area contributed by atoms with Crippen LogP contribution in [0.15, 0.2) is 42.6 Å². The number of carbonyl (C=O) groups excluding carboxylic acids is 2. The van der Waals surface area contributed by atoms with E-state index in [1.807, 2.05) is 0 Å². The molecule has 2 amide bonds. The summed E-state index contributed by atoms with van der Waals surface area (Å²) in [6.45, 7) is 0. The minimum Gasteiger partial charge on any atom is -0.355 e. The number of hydrogen-bond acceptors (Lipinski definition) is 3. The molecule has 21 heavy (non-hydrogen) atoms. The molecule has 1 heterocycles. The van der Waals surface area contributed by atoms with Crippen molar-refractivity contribution < 1.29 is 9.59 Å². The van der Waals surface area contributed by atoms with Gasteiger partial charge in [-0.25, -0.2) is 0 Å². The van der Waals surface area contributed by atoms with Crippen molar-refractivity contribution in [2.75, 3.05) is 12.4 Å². The summed E-state index contributed by atoms with van der Waals surface area (Å²) in [5.41, 5.74) is 1.41. The van der Waals surface area contributed by atoms with E-state index in [1.54, 1.807) is 61.4 Å². The van der Waals surface area contributed by atoms with Gasteiger partial charge in [-0.2, -0.15) is 5.10 Å². The molecule has 0 saturated carbocycles. The van der Waals surface area contributed by atoms with Crippen LogP contribution in [0.3, 0.4) is 0 Å². The van der Waals surface area contributed by atoms with Crippen molar-refractivity contribution >= 4 is 23.7 Å². The first-order chi connectivity index (χ1) is 10.1. The van der Waals surface area contributed by atoms with Crippen LogP contribution in [0.4, 0.5) is 5.82 Å². The predicted molar refractivity (Wildman–Crippen MR) is 80.7 cm³/mol. The van der Waals surface area contributed by atoms with Gasteiger partial charge in [0.15, 0.2) is 5.82 Å². The van der Waals surface area contributed by atoms with Gasteiger partial charge in [0.25, 0.3) is 5.91 Å². The quantitative estimate of drug-likeness (QED) is 0.834. The highest BCUT2D eigenvalue weighted by Crippen LogP contribution is 2.07. The van der Waals surface area contributed by atoms with Gasteiger partial charge in [0.1, 0.15) is 0 Å². The molecule has 2 rings (SSSR count). The van der Waals surface area contributed by atoms with Crippen molar-refractivity contribution in [1.82, 2.24) is 15.1 Å². The number of anilines is 1. The van der Waals surface area contributed by atoms with Gasteiger partial charge in [0, 0.05) is 38.0 Å².